The van der Waals surface area contributed by atoms with Crippen LogP contribution in [0.2, 0.25) is 0 Å². The number of hydrogen-bond donors (Lipinski definition) is 0. The first-order valence-electron chi connectivity index (χ1n) is 9.25. The van der Waals surface area contributed by atoms with E-state index in [4.69, 9.17) is 14.7 Å². The summed E-state index contributed by atoms with van der Waals surface area (Å²) in [6.45, 7) is 2.43. The lowest BCUT2D eigenvalue weighted by atomic mass is 10.0. The third kappa shape index (κ3) is 3.98. The van der Waals surface area contributed by atoms with Crippen LogP contribution in [0.15, 0.2) is 60.7 Å². The molecule has 0 saturated carbocycles. The van der Waals surface area contributed by atoms with E-state index in [0.717, 1.165) is 21.9 Å². The molecule has 0 aromatic heterocycles. The summed E-state index contributed by atoms with van der Waals surface area (Å²) < 4.78 is 11.0. The minimum absolute atomic E-state index is 0.0188. The zero-order chi connectivity index (χ0) is 19.3. The van der Waals surface area contributed by atoms with Crippen molar-refractivity contribution in [3.05, 3.63) is 66.2 Å². The van der Waals surface area contributed by atoms with Crippen LogP contribution in [-0.2, 0) is 9.53 Å². The van der Waals surface area contributed by atoms with Gasteiger partial charge in [0.15, 0.2) is 6.61 Å². The molecule has 0 unspecified atom stereocenters. The number of amides is 1. The van der Waals surface area contributed by atoms with Gasteiger partial charge in [0.2, 0.25) is 0 Å². The lowest BCUT2D eigenvalue weighted by Crippen LogP contribution is -2.42. The van der Waals surface area contributed by atoms with Gasteiger partial charge in [0.25, 0.3) is 5.91 Å². The molecular formula is C23H20N2O3. The summed E-state index contributed by atoms with van der Waals surface area (Å²) in [7, 11) is 0. The molecule has 5 heteroatoms. The van der Waals surface area contributed by atoms with Gasteiger partial charge in [-0.15, -0.1) is 0 Å². The molecular weight excluding hydrogens is 352 g/mol. The Kier molecular flexibility index (Phi) is 5.22. The van der Waals surface area contributed by atoms with E-state index in [1.807, 2.05) is 42.5 Å². The van der Waals surface area contributed by atoms with Crippen molar-refractivity contribution in [1.29, 1.82) is 5.26 Å². The van der Waals surface area contributed by atoms with E-state index in [1.54, 1.807) is 4.90 Å². The molecule has 3 aromatic carbocycles. The molecule has 3 aromatic rings. The first kappa shape index (κ1) is 18.0. The monoisotopic (exact) mass is 372 g/mol. The van der Waals surface area contributed by atoms with Crippen molar-refractivity contribution in [3.63, 3.8) is 0 Å². The molecule has 140 valence electrons. The van der Waals surface area contributed by atoms with E-state index in [2.05, 4.69) is 24.3 Å². The molecule has 28 heavy (non-hydrogen) atoms. The number of fused-ring (bicyclic) bond motifs is 1. The van der Waals surface area contributed by atoms with Crippen molar-refractivity contribution in [2.45, 2.75) is 0 Å². The Balaban J connectivity index is 1.50. The van der Waals surface area contributed by atoms with Gasteiger partial charge in [0.1, 0.15) is 5.75 Å². The van der Waals surface area contributed by atoms with Crippen molar-refractivity contribution >= 4 is 16.7 Å². The Hall–Kier alpha value is -3.36. The van der Waals surface area contributed by atoms with E-state index < -0.39 is 0 Å². The molecule has 1 amide bonds. The summed E-state index contributed by atoms with van der Waals surface area (Å²) in [6.07, 6.45) is 0. The lowest BCUT2D eigenvalue weighted by molar-refractivity contribution is -0.137. The molecule has 0 spiro atoms. The summed E-state index contributed by atoms with van der Waals surface area (Å²) in [5.41, 5.74) is 2.76. The first-order valence-corrected chi connectivity index (χ1v) is 9.25. The summed E-state index contributed by atoms with van der Waals surface area (Å²) in [5.74, 6) is 0.654. The summed E-state index contributed by atoms with van der Waals surface area (Å²) in [4.78, 5) is 14.0. The molecule has 4 rings (SSSR count). The fourth-order valence-electron chi connectivity index (χ4n) is 3.28. The van der Waals surface area contributed by atoms with Gasteiger partial charge in [0.05, 0.1) is 24.8 Å². The van der Waals surface area contributed by atoms with Gasteiger partial charge in [-0.1, -0.05) is 30.3 Å². The number of morpholine rings is 1. The molecule has 1 aliphatic heterocycles. The summed E-state index contributed by atoms with van der Waals surface area (Å²) in [6, 6.07) is 21.7. The molecule has 5 nitrogen and oxygen atoms in total. The summed E-state index contributed by atoms with van der Waals surface area (Å²) >= 11 is 0. The Morgan fingerprint density at radius 3 is 2.43 bits per heavy atom. The van der Waals surface area contributed by atoms with Crippen LogP contribution in [-0.4, -0.2) is 43.7 Å². The smallest absolute Gasteiger partial charge is 0.260 e. The normalized spacial score (nSPS) is 13.9. The highest BCUT2D eigenvalue weighted by atomic mass is 16.5. The van der Waals surface area contributed by atoms with E-state index in [0.29, 0.717) is 37.6 Å². The molecule has 1 heterocycles. The molecule has 1 saturated heterocycles. The SMILES string of the molecule is N#Cc1ccc(-c2ccc3ccc(OCC(=O)N4CCOCC4)cc3c2)cc1. The Labute approximate surface area is 163 Å². The third-order valence-corrected chi connectivity index (χ3v) is 4.89. The van der Waals surface area contributed by atoms with Crippen molar-refractivity contribution in [1.82, 2.24) is 4.90 Å². The molecule has 0 radical (unpaired) electrons. The summed E-state index contributed by atoms with van der Waals surface area (Å²) in [5, 5.41) is 11.1. The van der Waals surface area contributed by atoms with E-state index in [-0.39, 0.29) is 12.5 Å². The van der Waals surface area contributed by atoms with Crippen LogP contribution < -0.4 is 4.74 Å². The van der Waals surface area contributed by atoms with Crippen LogP contribution in [0, 0.1) is 11.3 Å². The fourth-order valence-corrected chi connectivity index (χ4v) is 3.28. The van der Waals surface area contributed by atoms with Crippen LogP contribution in [0.4, 0.5) is 0 Å². The maximum Gasteiger partial charge on any atom is 0.260 e. The highest BCUT2D eigenvalue weighted by Gasteiger charge is 2.17. The third-order valence-electron chi connectivity index (χ3n) is 4.89. The average Bonchev–Trinajstić information content (AvgIpc) is 2.77. The van der Waals surface area contributed by atoms with E-state index in [1.165, 1.54) is 0 Å². The second kappa shape index (κ2) is 8.12. The number of ether oxygens (including phenoxy) is 2. The highest BCUT2D eigenvalue weighted by molar-refractivity contribution is 5.88. The predicted molar refractivity (Wildman–Crippen MR) is 107 cm³/mol. The average molecular weight is 372 g/mol. The second-order valence-corrected chi connectivity index (χ2v) is 6.69. The van der Waals surface area contributed by atoms with Gasteiger partial charge in [-0.2, -0.15) is 5.26 Å². The number of nitrogens with zero attached hydrogens (tertiary/aromatic N) is 2. The van der Waals surface area contributed by atoms with Crippen molar-refractivity contribution in [2.75, 3.05) is 32.9 Å². The Morgan fingerprint density at radius 2 is 1.68 bits per heavy atom. The number of carbonyl (C=O) groups excluding carboxylic acids is 1. The lowest BCUT2D eigenvalue weighted by Gasteiger charge is -2.26. The number of rotatable bonds is 4. The van der Waals surface area contributed by atoms with Crippen LogP contribution in [0.5, 0.6) is 5.75 Å². The van der Waals surface area contributed by atoms with Crippen LogP contribution in [0.25, 0.3) is 21.9 Å². The zero-order valence-corrected chi connectivity index (χ0v) is 15.4. The fraction of sp³-hybridized carbons (Fsp3) is 0.217. The van der Waals surface area contributed by atoms with Crippen molar-refractivity contribution in [3.8, 4) is 22.9 Å². The van der Waals surface area contributed by atoms with Gasteiger partial charge < -0.3 is 14.4 Å². The molecule has 0 aliphatic carbocycles. The van der Waals surface area contributed by atoms with Crippen LogP contribution in [0.3, 0.4) is 0 Å². The van der Waals surface area contributed by atoms with Gasteiger partial charge in [-0.3, -0.25) is 4.79 Å². The molecule has 1 fully saturated rings. The Bertz CT molecular complexity index is 1030. The van der Waals surface area contributed by atoms with Gasteiger partial charge in [0, 0.05) is 13.1 Å². The van der Waals surface area contributed by atoms with Crippen molar-refractivity contribution in [2.24, 2.45) is 0 Å². The topological polar surface area (TPSA) is 62.6 Å². The number of carbonyl (C=O) groups is 1. The number of benzene rings is 3. The molecule has 1 aliphatic rings. The molecule has 0 bridgehead atoms. The maximum absolute atomic E-state index is 12.2. The number of hydrogen-bond acceptors (Lipinski definition) is 4. The van der Waals surface area contributed by atoms with Gasteiger partial charge in [-0.25, -0.2) is 0 Å². The van der Waals surface area contributed by atoms with Gasteiger partial charge in [-0.05, 0) is 52.2 Å². The largest absolute Gasteiger partial charge is 0.484 e. The highest BCUT2D eigenvalue weighted by Crippen LogP contribution is 2.27. The predicted octanol–water partition coefficient (Wildman–Crippen LogP) is 3.62. The minimum Gasteiger partial charge on any atom is -0.484 e. The van der Waals surface area contributed by atoms with Gasteiger partial charge >= 0.3 is 0 Å². The van der Waals surface area contributed by atoms with Crippen molar-refractivity contribution < 1.29 is 14.3 Å². The zero-order valence-electron chi connectivity index (χ0n) is 15.4. The number of nitriles is 1. The first-order chi connectivity index (χ1) is 13.7. The quantitative estimate of drug-likeness (QED) is 0.702. The van der Waals surface area contributed by atoms with E-state index >= 15 is 0 Å². The standard InChI is InChI=1S/C23H20N2O3/c24-15-17-1-3-18(4-2-17)20-6-5-19-7-8-22(14-21(19)13-20)28-16-23(26)25-9-11-27-12-10-25/h1-8,13-14H,9-12,16H2. The van der Waals surface area contributed by atoms with E-state index in [9.17, 15) is 4.79 Å². The minimum atomic E-state index is -0.0188. The Morgan fingerprint density at radius 1 is 0.964 bits per heavy atom. The second-order valence-electron chi connectivity index (χ2n) is 6.69. The maximum atomic E-state index is 12.2. The van der Waals surface area contributed by atoms with Crippen LogP contribution in [0.1, 0.15) is 5.56 Å². The molecule has 0 N–H and O–H groups in total. The van der Waals surface area contributed by atoms with Crippen LogP contribution >= 0.6 is 0 Å². The molecule has 0 atom stereocenters.